The number of nitrogens with zero attached hydrogens (tertiary/aromatic N) is 5. The third-order valence-electron chi connectivity index (χ3n) is 5.10. The lowest BCUT2D eigenvalue weighted by molar-refractivity contribution is 0.130. The number of aliphatic imine (C=N–C) groups is 1. The van der Waals surface area contributed by atoms with Crippen molar-refractivity contribution in [3.05, 3.63) is 17.8 Å². The fourth-order valence-corrected chi connectivity index (χ4v) is 3.76. The van der Waals surface area contributed by atoms with E-state index in [0.29, 0.717) is 5.92 Å². The monoisotopic (exact) mass is 272 g/mol. The molecule has 0 spiro atoms. The molecule has 2 atom stereocenters. The summed E-state index contributed by atoms with van der Waals surface area (Å²) in [5, 5.41) is 10.9. The number of rotatable bonds is 1. The summed E-state index contributed by atoms with van der Waals surface area (Å²) in [6, 6.07) is 2.34. The Balaban J connectivity index is 1.69. The molecule has 4 rings (SSSR count). The summed E-state index contributed by atoms with van der Waals surface area (Å²) >= 11 is 0. The first kappa shape index (κ1) is 12.1. The third-order valence-corrected chi connectivity index (χ3v) is 5.10. The summed E-state index contributed by atoms with van der Waals surface area (Å²) in [6.45, 7) is 4.55. The van der Waals surface area contributed by atoms with Crippen LogP contribution in [0.25, 0.3) is 0 Å². The van der Waals surface area contributed by atoms with Gasteiger partial charge in [0.15, 0.2) is 0 Å². The number of aromatic nitrogens is 1. The second kappa shape index (κ2) is 4.15. The Bertz CT molecular complexity index is 568. The van der Waals surface area contributed by atoms with Gasteiger partial charge in [0.1, 0.15) is 23.7 Å². The zero-order chi connectivity index (χ0) is 13.7. The Morgan fingerprint density at radius 2 is 2.15 bits per heavy atom. The lowest BCUT2D eigenvalue weighted by Gasteiger charge is -2.41. The molecule has 6 heteroatoms. The fraction of sp³-hybridized carbons (Fsp3) is 0.643. The highest BCUT2D eigenvalue weighted by atomic mass is 15.6. The number of H-pyrrole nitrogens is 1. The van der Waals surface area contributed by atoms with Crippen LogP contribution in [-0.2, 0) is 5.54 Å². The zero-order valence-electron chi connectivity index (χ0n) is 12.0. The van der Waals surface area contributed by atoms with Crippen LogP contribution in [0.2, 0.25) is 0 Å². The van der Waals surface area contributed by atoms with E-state index < -0.39 is 0 Å². The van der Waals surface area contributed by atoms with Crippen molar-refractivity contribution in [1.29, 1.82) is 0 Å². The molecule has 4 heterocycles. The zero-order valence-corrected chi connectivity index (χ0v) is 12.0. The molecule has 3 aliphatic heterocycles. The van der Waals surface area contributed by atoms with Crippen LogP contribution in [0.1, 0.15) is 25.3 Å². The number of hydrogen-bond acceptors (Lipinski definition) is 5. The quantitative estimate of drug-likeness (QED) is 0.852. The van der Waals surface area contributed by atoms with Gasteiger partial charge in [-0.3, -0.25) is 0 Å². The van der Waals surface area contributed by atoms with Gasteiger partial charge in [0.05, 0.1) is 0 Å². The van der Waals surface area contributed by atoms with Gasteiger partial charge in [0.2, 0.25) is 0 Å². The SMILES string of the molecule is CN1CCC(C2N=NN3C=Nc4[nH]ccc4C23C)CC1. The molecule has 20 heavy (non-hydrogen) atoms. The summed E-state index contributed by atoms with van der Waals surface area (Å²) < 4.78 is 0. The van der Waals surface area contributed by atoms with Crippen molar-refractivity contribution in [3.8, 4) is 0 Å². The Morgan fingerprint density at radius 3 is 2.95 bits per heavy atom. The number of fused-ring (bicyclic) bond motifs is 3. The van der Waals surface area contributed by atoms with E-state index in [-0.39, 0.29) is 11.6 Å². The standard InChI is InChI=1S/C14H20N6/c1-14-11-3-6-15-13(11)16-9-20(14)18-17-12(14)10-4-7-19(2)8-5-10/h3,6,9-10,12,15H,4-5,7-8H2,1-2H3. The van der Waals surface area contributed by atoms with E-state index in [0.717, 1.165) is 18.9 Å². The molecule has 0 bridgehead atoms. The van der Waals surface area contributed by atoms with Crippen molar-refractivity contribution < 1.29 is 0 Å². The maximum Gasteiger partial charge on any atom is 0.137 e. The predicted molar refractivity (Wildman–Crippen MR) is 77.0 cm³/mol. The number of piperidine rings is 1. The van der Waals surface area contributed by atoms with E-state index >= 15 is 0 Å². The van der Waals surface area contributed by atoms with E-state index in [1.54, 1.807) is 6.34 Å². The molecule has 1 fully saturated rings. The molecule has 0 amide bonds. The molecule has 1 aromatic heterocycles. The lowest BCUT2D eigenvalue weighted by atomic mass is 9.75. The van der Waals surface area contributed by atoms with Gasteiger partial charge in [-0.05, 0) is 51.9 Å². The van der Waals surface area contributed by atoms with E-state index in [4.69, 9.17) is 0 Å². The molecular formula is C14H20N6. The van der Waals surface area contributed by atoms with Gasteiger partial charge >= 0.3 is 0 Å². The van der Waals surface area contributed by atoms with E-state index in [1.807, 2.05) is 11.2 Å². The normalized spacial score (nSPS) is 33.5. The average molecular weight is 272 g/mol. The first-order valence-electron chi connectivity index (χ1n) is 7.30. The molecule has 3 aliphatic rings. The number of likely N-dealkylation sites (tertiary alicyclic amines) is 1. The van der Waals surface area contributed by atoms with Crippen molar-refractivity contribution in [1.82, 2.24) is 14.9 Å². The van der Waals surface area contributed by atoms with Crippen molar-refractivity contribution in [2.75, 3.05) is 20.1 Å². The average Bonchev–Trinajstić information content (AvgIpc) is 3.04. The van der Waals surface area contributed by atoms with Gasteiger partial charge < -0.3 is 9.88 Å². The van der Waals surface area contributed by atoms with Crippen LogP contribution in [0, 0.1) is 5.92 Å². The maximum atomic E-state index is 4.61. The topological polar surface area (TPSA) is 59.4 Å². The third kappa shape index (κ3) is 1.51. The van der Waals surface area contributed by atoms with E-state index in [9.17, 15) is 0 Å². The molecule has 0 saturated carbocycles. The molecule has 2 unspecified atom stereocenters. The molecule has 106 valence electrons. The predicted octanol–water partition coefficient (Wildman–Crippen LogP) is 2.30. The summed E-state index contributed by atoms with van der Waals surface area (Å²) in [4.78, 5) is 10.0. The Hall–Kier alpha value is -1.69. The van der Waals surface area contributed by atoms with Crippen LogP contribution < -0.4 is 0 Å². The van der Waals surface area contributed by atoms with Crippen LogP contribution in [0.4, 0.5) is 5.82 Å². The second-order valence-corrected chi connectivity index (χ2v) is 6.27. The minimum Gasteiger partial charge on any atom is -0.346 e. The van der Waals surface area contributed by atoms with E-state index in [2.05, 4.69) is 45.3 Å². The fourth-order valence-electron chi connectivity index (χ4n) is 3.76. The van der Waals surface area contributed by atoms with Crippen molar-refractivity contribution >= 4 is 12.2 Å². The first-order chi connectivity index (χ1) is 9.69. The highest BCUT2D eigenvalue weighted by Crippen LogP contribution is 2.48. The van der Waals surface area contributed by atoms with Crippen molar-refractivity contribution in [2.24, 2.45) is 21.2 Å². The number of nitrogens with one attached hydrogen (secondary N) is 1. The van der Waals surface area contributed by atoms with Gasteiger partial charge in [-0.2, -0.15) is 5.11 Å². The van der Waals surface area contributed by atoms with E-state index in [1.165, 1.54) is 18.4 Å². The Labute approximate surface area is 118 Å². The minimum atomic E-state index is -0.183. The van der Waals surface area contributed by atoms with Crippen molar-refractivity contribution in [2.45, 2.75) is 31.3 Å². The summed E-state index contributed by atoms with van der Waals surface area (Å²) in [6.07, 6.45) is 6.15. The molecule has 6 nitrogen and oxygen atoms in total. The highest BCUT2D eigenvalue weighted by Gasteiger charge is 2.52. The second-order valence-electron chi connectivity index (χ2n) is 6.27. The van der Waals surface area contributed by atoms with Gasteiger partial charge in [0, 0.05) is 11.8 Å². The van der Waals surface area contributed by atoms with Crippen molar-refractivity contribution in [3.63, 3.8) is 0 Å². The number of hydrogen-bond donors (Lipinski definition) is 1. The summed E-state index contributed by atoms with van der Waals surface area (Å²) in [5.41, 5.74) is 1.03. The highest BCUT2D eigenvalue weighted by molar-refractivity contribution is 5.68. The van der Waals surface area contributed by atoms with Crippen LogP contribution >= 0.6 is 0 Å². The van der Waals surface area contributed by atoms with Crippen LogP contribution in [-0.4, -0.2) is 47.4 Å². The van der Waals surface area contributed by atoms with Gasteiger partial charge in [0.25, 0.3) is 0 Å². The molecule has 1 aromatic rings. The first-order valence-corrected chi connectivity index (χ1v) is 7.30. The molecule has 0 aromatic carbocycles. The lowest BCUT2D eigenvalue weighted by Crippen LogP contribution is -2.50. The molecule has 0 radical (unpaired) electrons. The number of aromatic amines is 1. The van der Waals surface area contributed by atoms with Gasteiger partial charge in [-0.15, -0.1) is 0 Å². The Kier molecular flexibility index (Phi) is 2.51. The minimum absolute atomic E-state index is 0.183. The largest absolute Gasteiger partial charge is 0.346 e. The maximum absolute atomic E-state index is 4.61. The van der Waals surface area contributed by atoms with Gasteiger partial charge in [-0.1, -0.05) is 5.22 Å². The molecule has 1 saturated heterocycles. The van der Waals surface area contributed by atoms with Crippen LogP contribution in [0.5, 0.6) is 0 Å². The molecule has 1 N–H and O–H groups in total. The van der Waals surface area contributed by atoms with Gasteiger partial charge in [-0.25, -0.2) is 10.0 Å². The van der Waals surface area contributed by atoms with Crippen LogP contribution in [0.3, 0.4) is 0 Å². The summed E-state index contributed by atoms with van der Waals surface area (Å²) in [5.74, 6) is 1.55. The molecule has 0 aliphatic carbocycles. The Morgan fingerprint density at radius 1 is 1.35 bits per heavy atom. The smallest absolute Gasteiger partial charge is 0.137 e. The summed E-state index contributed by atoms with van der Waals surface area (Å²) in [7, 11) is 2.19. The van der Waals surface area contributed by atoms with Crippen LogP contribution in [0.15, 0.2) is 27.6 Å². The molecular weight excluding hydrogens is 252 g/mol.